The van der Waals surface area contributed by atoms with Crippen molar-refractivity contribution in [2.45, 2.75) is 6.54 Å². The van der Waals surface area contributed by atoms with Gasteiger partial charge in [0.05, 0.1) is 23.8 Å². The molecule has 3 rings (SSSR count). The highest BCUT2D eigenvalue weighted by molar-refractivity contribution is 6.04. The maximum Gasteiger partial charge on any atom is 0.275 e. The van der Waals surface area contributed by atoms with Gasteiger partial charge >= 0.3 is 0 Å². The highest BCUT2D eigenvalue weighted by Gasteiger charge is 2.09. The number of anilines is 3. The molecular formula is C18H17N5O. The van der Waals surface area contributed by atoms with Gasteiger partial charge < -0.3 is 16.4 Å². The van der Waals surface area contributed by atoms with Gasteiger partial charge in [-0.25, -0.2) is 9.97 Å². The van der Waals surface area contributed by atoms with Crippen LogP contribution in [0.1, 0.15) is 16.1 Å². The number of hydrogen-bond acceptors (Lipinski definition) is 5. The first kappa shape index (κ1) is 15.5. The minimum atomic E-state index is -0.352. The number of nitrogens with zero attached hydrogens (tertiary/aromatic N) is 2. The second-order valence-corrected chi connectivity index (χ2v) is 5.17. The Morgan fingerprint density at radius 2 is 1.71 bits per heavy atom. The summed E-state index contributed by atoms with van der Waals surface area (Å²) in [6.45, 7) is 0.640. The largest absolute Gasteiger partial charge is 0.397 e. The lowest BCUT2D eigenvalue weighted by atomic mass is 10.2. The molecule has 0 saturated carbocycles. The summed E-state index contributed by atoms with van der Waals surface area (Å²) in [5.74, 6) is 0.254. The fourth-order valence-electron chi connectivity index (χ4n) is 2.12. The molecule has 0 atom stereocenters. The van der Waals surface area contributed by atoms with Crippen molar-refractivity contribution in [3.8, 4) is 0 Å². The van der Waals surface area contributed by atoms with Gasteiger partial charge in [0.15, 0.2) is 0 Å². The fourth-order valence-corrected chi connectivity index (χ4v) is 2.12. The summed E-state index contributed by atoms with van der Waals surface area (Å²) in [6.07, 6.45) is 2.97. The highest BCUT2D eigenvalue weighted by Crippen LogP contribution is 2.17. The molecule has 3 aromatic rings. The van der Waals surface area contributed by atoms with Crippen LogP contribution in [-0.4, -0.2) is 15.9 Å². The normalized spacial score (nSPS) is 10.2. The molecule has 0 bridgehead atoms. The summed E-state index contributed by atoms with van der Waals surface area (Å²) < 4.78 is 0. The first-order valence-electron chi connectivity index (χ1n) is 7.48. The number of nitrogens with two attached hydrogens (primary N) is 1. The quantitative estimate of drug-likeness (QED) is 0.629. The van der Waals surface area contributed by atoms with Crippen LogP contribution in [0.15, 0.2) is 67.0 Å². The Morgan fingerprint density at radius 3 is 2.42 bits per heavy atom. The van der Waals surface area contributed by atoms with Crippen LogP contribution < -0.4 is 16.4 Å². The molecule has 0 aliphatic carbocycles. The number of para-hydroxylation sites is 2. The molecule has 0 saturated heterocycles. The van der Waals surface area contributed by atoms with Gasteiger partial charge in [-0.2, -0.15) is 0 Å². The van der Waals surface area contributed by atoms with Crippen LogP contribution >= 0.6 is 0 Å². The molecule has 2 aromatic carbocycles. The lowest BCUT2D eigenvalue weighted by molar-refractivity contribution is 0.102. The molecule has 6 nitrogen and oxygen atoms in total. The van der Waals surface area contributed by atoms with Crippen molar-refractivity contribution in [1.82, 2.24) is 9.97 Å². The van der Waals surface area contributed by atoms with E-state index in [1.807, 2.05) is 30.3 Å². The number of carbonyl (C=O) groups is 1. The van der Waals surface area contributed by atoms with E-state index in [1.54, 1.807) is 24.3 Å². The summed E-state index contributed by atoms with van der Waals surface area (Å²) in [5.41, 5.74) is 8.22. The Balaban J connectivity index is 1.61. The molecule has 6 heteroatoms. The molecule has 0 radical (unpaired) electrons. The minimum Gasteiger partial charge on any atom is -0.397 e. The standard InChI is InChI=1S/C18H17N5O/c19-14-8-4-5-9-15(14)23-18(24)16-11-22-17(12-20-16)21-10-13-6-2-1-3-7-13/h1-9,11-12H,10,19H2,(H,21,22)(H,23,24). The van der Waals surface area contributed by atoms with E-state index in [1.165, 1.54) is 12.4 Å². The van der Waals surface area contributed by atoms with E-state index >= 15 is 0 Å². The zero-order valence-electron chi connectivity index (χ0n) is 12.9. The maximum atomic E-state index is 12.2. The Bertz CT molecular complexity index is 818. The third-order valence-electron chi connectivity index (χ3n) is 3.41. The summed E-state index contributed by atoms with van der Waals surface area (Å²) in [6, 6.07) is 17.0. The van der Waals surface area contributed by atoms with Gasteiger partial charge in [-0.1, -0.05) is 42.5 Å². The van der Waals surface area contributed by atoms with Crippen LogP contribution in [0.25, 0.3) is 0 Å². The zero-order chi connectivity index (χ0) is 16.8. The molecule has 0 fully saturated rings. The van der Waals surface area contributed by atoms with Crippen molar-refractivity contribution in [3.05, 3.63) is 78.2 Å². The Kier molecular flexibility index (Phi) is 4.67. The number of carbonyl (C=O) groups excluding carboxylic acids is 1. The van der Waals surface area contributed by atoms with Gasteiger partial charge in [0, 0.05) is 6.54 Å². The molecule has 0 unspecified atom stereocenters. The van der Waals surface area contributed by atoms with Crippen molar-refractivity contribution < 1.29 is 4.79 Å². The number of nitrogens with one attached hydrogen (secondary N) is 2. The van der Waals surface area contributed by atoms with Gasteiger partial charge in [-0.15, -0.1) is 0 Å². The number of hydrogen-bond donors (Lipinski definition) is 3. The zero-order valence-corrected chi connectivity index (χ0v) is 12.9. The van der Waals surface area contributed by atoms with Gasteiger partial charge in [-0.3, -0.25) is 4.79 Å². The Labute approximate surface area is 139 Å². The molecule has 1 heterocycles. The number of aromatic nitrogens is 2. The predicted octanol–water partition coefficient (Wildman–Crippen LogP) is 2.92. The lowest BCUT2D eigenvalue weighted by Gasteiger charge is -2.08. The topological polar surface area (TPSA) is 92.9 Å². The average molecular weight is 319 g/mol. The monoisotopic (exact) mass is 319 g/mol. The number of amides is 1. The summed E-state index contributed by atoms with van der Waals surface area (Å²) in [7, 11) is 0. The van der Waals surface area contributed by atoms with E-state index in [-0.39, 0.29) is 11.6 Å². The molecule has 1 amide bonds. The van der Waals surface area contributed by atoms with E-state index in [2.05, 4.69) is 20.6 Å². The van der Waals surface area contributed by atoms with Crippen LogP contribution in [-0.2, 0) is 6.54 Å². The van der Waals surface area contributed by atoms with E-state index < -0.39 is 0 Å². The first-order chi connectivity index (χ1) is 11.7. The smallest absolute Gasteiger partial charge is 0.275 e. The van der Waals surface area contributed by atoms with E-state index in [0.29, 0.717) is 23.7 Å². The highest BCUT2D eigenvalue weighted by atomic mass is 16.1. The third kappa shape index (κ3) is 3.86. The SMILES string of the molecule is Nc1ccccc1NC(=O)c1cnc(NCc2ccccc2)cn1. The van der Waals surface area contributed by atoms with Crippen molar-refractivity contribution in [2.24, 2.45) is 0 Å². The summed E-state index contributed by atoms with van der Waals surface area (Å²) in [5, 5.41) is 5.88. The van der Waals surface area contributed by atoms with Crippen LogP contribution in [0.3, 0.4) is 0 Å². The number of nitrogen functional groups attached to an aromatic ring is 1. The second kappa shape index (κ2) is 7.23. The minimum absolute atomic E-state index is 0.225. The number of benzene rings is 2. The van der Waals surface area contributed by atoms with Crippen molar-refractivity contribution >= 4 is 23.1 Å². The first-order valence-corrected chi connectivity index (χ1v) is 7.48. The van der Waals surface area contributed by atoms with Gasteiger partial charge in [0.2, 0.25) is 0 Å². The third-order valence-corrected chi connectivity index (χ3v) is 3.41. The van der Waals surface area contributed by atoms with Crippen molar-refractivity contribution in [1.29, 1.82) is 0 Å². The summed E-state index contributed by atoms with van der Waals surface area (Å²) >= 11 is 0. The molecule has 1 aromatic heterocycles. The average Bonchev–Trinajstić information content (AvgIpc) is 2.63. The molecule has 0 spiro atoms. The molecule has 24 heavy (non-hydrogen) atoms. The fraction of sp³-hybridized carbons (Fsp3) is 0.0556. The molecule has 0 aliphatic heterocycles. The van der Waals surface area contributed by atoms with Crippen molar-refractivity contribution in [2.75, 3.05) is 16.4 Å². The van der Waals surface area contributed by atoms with Crippen LogP contribution in [0, 0.1) is 0 Å². The van der Waals surface area contributed by atoms with Gasteiger partial charge in [-0.05, 0) is 17.7 Å². The Morgan fingerprint density at radius 1 is 0.958 bits per heavy atom. The van der Waals surface area contributed by atoms with Crippen molar-refractivity contribution in [3.63, 3.8) is 0 Å². The van der Waals surface area contributed by atoms with E-state index in [9.17, 15) is 4.79 Å². The van der Waals surface area contributed by atoms with Gasteiger partial charge in [0.25, 0.3) is 5.91 Å². The Hall–Kier alpha value is -3.41. The number of rotatable bonds is 5. The van der Waals surface area contributed by atoms with Gasteiger partial charge in [0.1, 0.15) is 11.5 Å². The van der Waals surface area contributed by atoms with Crippen LogP contribution in [0.4, 0.5) is 17.2 Å². The molecule has 0 aliphatic rings. The summed E-state index contributed by atoms with van der Waals surface area (Å²) in [4.78, 5) is 20.5. The second-order valence-electron chi connectivity index (χ2n) is 5.17. The molecule has 120 valence electrons. The lowest BCUT2D eigenvalue weighted by Crippen LogP contribution is -2.15. The van der Waals surface area contributed by atoms with Crippen LogP contribution in [0.2, 0.25) is 0 Å². The molecule has 4 N–H and O–H groups in total. The maximum absolute atomic E-state index is 12.2. The molecular weight excluding hydrogens is 302 g/mol. The van der Waals surface area contributed by atoms with E-state index in [0.717, 1.165) is 5.56 Å². The predicted molar refractivity (Wildman–Crippen MR) is 94.6 cm³/mol. The van der Waals surface area contributed by atoms with Crippen LogP contribution in [0.5, 0.6) is 0 Å². The van der Waals surface area contributed by atoms with E-state index in [4.69, 9.17) is 5.73 Å².